The molecule has 2 aromatic rings. The van der Waals surface area contributed by atoms with E-state index in [4.69, 9.17) is 10.5 Å². The Kier molecular flexibility index (Phi) is 2.91. The third-order valence-electron chi connectivity index (χ3n) is 3.92. The Morgan fingerprint density at radius 3 is 3.10 bits per heavy atom. The van der Waals surface area contributed by atoms with Crippen molar-refractivity contribution in [1.82, 2.24) is 19.6 Å². The molecule has 0 radical (unpaired) electrons. The number of ether oxygens (including phenoxy) is 1. The van der Waals surface area contributed by atoms with Crippen molar-refractivity contribution in [3.63, 3.8) is 0 Å². The molecule has 0 spiro atoms. The minimum atomic E-state index is -1.16. The Hall–Kier alpha value is -2.06. The molecule has 0 aliphatic carbocycles. The van der Waals surface area contributed by atoms with Crippen LogP contribution in [0.2, 0.25) is 0 Å². The Labute approximate surface area is 114 Å². The van der Waals surface area contributed by atoms with Gasteiger partial charge < -0.3 is 20.4 Å². The van der Waals surface area contributed by atoms with Gasteiger partial charge in [-0.2, -0.15) is 9.61 Å². The number of aliphatic hydroxyl groups excluding tert-OH is 1. The number of carbonyl (C=O) groups excluding carboxylic acids is 1. The van der Waals surface area contributed by atoms with E-state index in [2.05, 4.69) is 15.1 Å². The van der Waals surface area contributed by atoms with E-state index in [-0.39, 0.29) is 24.6 Å². The van der Waals surface area contributed by atoms with Gasteiger partial charge in [0.25, 0.3) is 0 Å². The van der Waals surface area contributed by atoms with E-state index in [0.717, 1.165) is 5.56 Å². The molecule has 3 rings (SSSR count). The van der Waals surface area contributed by atoms with Gasteiger partial charge in [0, 0.05) is 5.56 Å². The molecule has 0 aromatic carbocycles. The second-order valence-electron chi connectivity index (χ2n) is 5.04. The summed E-state index contributed by atoms with van der Waals surface area (Å²) in [7, 11) is 0. The van der Waals surface area contributed by atoms with Gasteiger partial charge in [-0.15, -0.1) is 0 Å². The van der Waals surface area contributed by atoms with Gasteiger partial charge in [0.2, 0.25) is 5.95 Å². The first kappa shape index (κ1) is 12.9. The number of nitrogen functional groups attached to an aromatic ring is 1. The molecule has 0 bridgehead atoms. The molecule has 1 saturated heterocycles. The molecule has 8 nitrogen and oxygen atoms in total. The van der Waals surface area contributed by atoms with E-state index in [0.29, 0.717) is 18.4 Å². The summed E-state index contributed by atoms with van der Waals surface area (Å²) in [6.07, 6.45) is 3.88. The zero-order valence-corrected chi connectivity index (χ0v) is 10.9. The summed E-state index contributed by atoms with van der Waals surface area (Å²) in [5, 5.41) is 13.6. The second kappa shape index (κ2) is 4.50. The van der Waals surface area contributed by atoms with Crippen LogP contribution >= 0.6 is 0 Å². The van der Waals surface area contributed by atoms with Crippen LogP contribution in [0.25, 0.3) is 5.65 Å². The molecule has 3 atom stereocenters. The van der Waals surface area contributed by atoms with Crippen molar-refractivity contribution in [2.75, 3.05) is 12.3 Å². The topological polar surface area (TPSA) is 116 Å². The molecule has 8 heteroatoms. The number of hydrogen-bond donors (Lipinski definition) is 2. The standard InChI is InChI=1S/C12H15N5O3/c1-7-2-9(20-12(7,4-18)5-19)8-3-16-17-10(8)14-6-15-11(17)13/h3-4,6-7,9,19H,2,5H2,1H3,(H2,13,14,15)/t7-,9+,12+/m0/s1. The Morgan fingerprint density at radius 1 is 1.65 bits per heavy atom. The van der Waals surface area contributed by atoms with Gasteiger partial charge in [0.05, 0.1) is 18.9 Å². The lowest BCUT2D eigenvalue weighted by molar-refractivity contribution is -0.139. The average Bonchev–Trinajstić information content (AvgIpc) is 3.01. The van der Waals surface area contributed by atoms with Crippen LogP contribution in [0.5, 0.6) is 0 Å². The van der Waals surface area contributed by atoms with E-state index in [1.807, 2.05) is 6.92 Å². The van der Waals surface area contributed by atoms with Crippen LogP contribution in [0.1, 0.15) is 25.0 Å². The van der Waals surface area contributed by atoms with Crippen molar-refractivity contribution in [2.24, 2.45) is 5.92 Å². The number of hydrogen-bond acceptors (Lipinski definition) is 7. The molecule has 20 heavy (non-hydrogen) atoms. The maximum Gasteiger partial charge on any atom is 0.224 e. The summed E-state index contributed by atoms with van der Waals surface area (Å²) >= 11 is 0. The number of aldehydes is 1. The first-order valence-corrected chi connectivity index (χ1v) is 6.30. The van der Waals surface area contributed by atoms with Gasteiger partial charge in [-0.05, 0) is 12.3 Å². The van der Waals surface area contributed by atoms with Crippen LogP contribution in [0.3, 0.4) is 0 Å². The van der Waals surface area contributed by atoms with Gasteiger partial charge in [-0.3, -0.25) is 0 Å². The Bertz CT molecular complexity index is 658. The predicted molar refractivity (Wildman–Crippen MR) is 68.7 cm³/mol. The Morgan fingerprint density at radius 2 is 2.45 bits per heavy atom. The third-order valence-corrected chi connectivity index (χ3v) is 3.92. The molecular weight excluding hydrogens is 262 g/mol. The summed E-state index contributed by atoms with van der Waals surface area (Å²) in [4.78, 5) is 19.3. The van der Waals surface area contributed by atoms with E-state index < -0.39 is 5.60 Å². The summed E-state index contributed by atoms with van der Waals surface area (Å²) in [6.45, 7) is 1.53. The first-order valence-electron chi connectivity index (χ1n) is 6.30. The fourth-order valence-corrected chi connectivity index (χ4v) is 2.59. The highest BCUT2D eigenvalue weighted by atomic mass is 16.5. The first-order chi connectivity index (χ1) is 9.61. The van der Waals surface area contributed by atoms with Gasteiger partial charge in [-0.25, -0.2) is 9.97 Å². The minimum absolute atomic E-state index is 0.0934. The summed E-state index contributed by atoms with van der Waals surface area (Å²) in [6, 6.07) is 0. The van der Waals surface area contributed by atoms with Crippen LogP contribution in [-0.4, -0.2) is 43.2 Å². The molecule has 1 aliphatic rings. The van der Waals surface area contributed by atoms with Crippen LogP contribution in [0.15, 0.2) is 12.5 Å². The van der Waals surface area contributed by atoms with E-state index >= 15 is 0 Å². The van der Waals surface area contributed by atoms with Crippen molar-refractivity contribution in [1.29, 1.82) is 0 Å². The van der Waals surface area contributed by atoms with Crippen LogP contribution in [0.4, 0.5) is 5.95 Å². The van der Waals surface area contributed by atoms with E-state index in [1.54, 1.807) is 6.20 Å². The van der Waals surface area contributed by atoms with Gasteiger partial charge in [0.1, 0.15) is 11.9 Å². The minimum Gasteiger partial charge on any atom is -0.393 e. The highest BCUT2D eigenvalue weighted by Gasteiger charge is 2.47. The summed E-state index contributed by atoms with van der Waals surface area (Å²) in [5.74, 6) is 0.139. The SMILES string of the molecule is C[C@H]1C[C@H](c2cnn3c(N)ncnc23)O[C@]1(C=O)CO. The van der Waals surface area contributed by atoms with Crippen molar-refractivity contribution < 1.29 is 14.6 Å². The van der Waals surface area contributed by atoms with Crippen molar-refractivity contribution >= 4 is 17.9 Å². The molecule has 106 valence electrons. The molecular formula is C12H15N5O3. The number of carbonyl (C=O) groups is 1. The molecule has 0 saturated carbocycles. The molecule has 3 heterocycles. The number of aliphatic hydroxyl groups is 1. The van der Waals surface area contributed by atoms with Crippen LogP contribution in [0, 0.1) is 5.92 Å². The summed E-state index contributed by atoms with van der Waals surface area (Å²) < 4.78 is 7.20. The largest absolute Gasteiger partial charge is 0.393 e. The number of rotatable bonds is 3. The lowest BCUT2D eigenvalue weighted by Gasteiger charge is -2.24. The molecule has 1 fully saturated rings. The van der Waals surface area contributed by atoms with Crippen LogP contribution in [-0.2, 0) is 9.53 Å². The van der Waals surface area contributed by atoms with Crippen molar-refractivity contribution in [3.05, 3.63) is 18.1 Å². The molecule has 3 N–H and O–H groups in total. The number of nitrogens with zero attached hydrogens (tertiary/aromatic N) is 4. The van der Waals surface area contributed by atoms with Crippen molar-refractivity contribution in [3.8, 4) is 0 Å². The highest BCUT2D eigenvalue weighted by Crippen LogP contribution is 2.43. The molecule has 2 aromatic heterocycles. The zero-order valence-electron chi connectivity index (χ0n) is 10.9. The predicted octanol–water partition coefficient (Wildman–Crippen LogP) is -0.266. The molecule has 0 unspecified atom stereocenters. The summed E-state index contributed by atoms with van der Waals surface area (Å²) in [5.41, 5.74) is 5.85. The van der Waals surface area contributed by atoms with Crippen molar-refractivity contribution in [2.45, 2.75) is 25.0 Å². The number of nitrogens with two attached hydrogens (primary N) is 1. The normalized spacial score (nSPS) is 29.9. The van der Waals surface area contributed by atoms with E-state index in [1.165, 1.54) is 10.8 Å². The quantitative estimate of drug-likeness (QED) is 0.742. The fourth-order valence-electron chi connectivity index (χ4n) is 2.59. The molecule has 1 aliphatic heterocycles. The van der Waals surface area contributed by atoms with Gasteiger partial charge in [0.15, 0.2) is 11.9 Å². The van der Waals surface area contributed by atoms with E-state index in [9.17, 15) is 9.90 Å². The van der Waals surface area contributed by atoms with Crippen LogP contribution < -0.4 is 5.73 Å². The highest BCUT2D eigenvalue weighted by molar-refractivity contribution is 5.64. The monoisotopic (exact) mass is 277 g/mol. The maximum atomic E-state index is 11.3. The average molecular weight is 277 g/mol. The smallest absolute Gasteiger partial charge is 0.224 e. The lowest BCUT2D eigenvalue weighted by atomic mass is 9.89. The maximum absolute atomic E-state index is 11.3. The third kappa shape index (κ3) is 1.69. The second-order valence-corrected chi connectivity index (χ2v) is 5.04. The fraction of sp³-hybridized carbons (Fsp3) is 0.500. The number of anilines is 1. The van der Waals surface area contributed by atoms with Gasteiger partial charge in [-0.1, -0.05) is 6.92 Å². The number of fused-ring (bicyclic) bond motifs is 1. The van der Waals surface area contributed by atoms with Gasteiger partial charge >= 0.3 is 0 Å². The Balaban J connectivity index is 2.01. The lowest BCUT2D eigenvalue weighted by Crippen LogP contribution is -2.40. The zero-order chi connectivity index (χ0) is 14.3. The molecule has 0 amide bonds. The number of aromatic nitrogens is 4.